The van der Waals surface area contributed by atoms with Gasteiger partial charge in [-0.15, -0.1) is 0 Å². The number of likely N-dealkylation sites (tertiary alicyclic amines) is 1. The Bertz CT molecular complexity index is 682. The number of pyridine rings is 1. The molecule has 3 N–H and O–H groups in total. The quantitative estimate of drug-likeness (QED) is 0.602. The fourth-order valence-electron chi connectivity index (χ4n) is 3.71. The number of carbonyl (C=O) groups is 3. The van der Waals surface area contributed by atoms with Crippen molar-refractivity contribution in [1.29, 1.82) is 0 Å². The number of rotatable bonds is 7. The van der Waals surface area contributed by atoms with Crippen LogP contribution in [-0.2, 0) is 20.8 Å². The third kappa shape index (κ3) is 5.26. The molecule has 2 fully saturated rings. The maximum Gasteiger partial charge on any atom is 0.239 e. The van der Waals surface area contributed by atoms with Crippen LogP contribution in [0.25, 0.3) is 0 Å². The van der Waals surface area contributed by atoms with Gasteiger partial charge in [0.1, 0.15) is 0 Å². The van der Waals surface area contributed by atoms with Gasteiger partial charge in [-0.05, 0) is 43.4 Å². The van der Waals surface area contributed by atoms with Crippen molar-refractivity contribution < 1.29 is 19.5 Å². The molecule has 1 aliphatic carbocycles. The Hall–Kier alpha value is -2.48. The maximum absolute atomic E-state index is 12.3. The average molecular weight is 374 g/mol. The summed E-state index contributed by atoms with van der Waals surface area (Å²) in [6.07, 6.45) is 5.39. The Morgan fingerprint density at radius 2 is 2.04 bits per heavy atom. The van der Waals surface area contributed by atoms with Gasteiger partial charge < -0.3 is 20.6 Å². The van der Waals surface area contributed by atoms with Crippen molar-refractivity contribution in [2.24, 2.45) is 5.92 Å². The van der Waals surface area contributed by atoms with Gasteiger partial charge >= 0.3 is 0 Å². The third-order valence-electron chi connectivity index (χ3n) is 5.21. The second-order valence-electron chi connectivity index (χ2n) is 7.23. The highest BCUT2D eigenvalue weighted by atomic mass is 16.3. The monoisotopic (exact) mass is 374 g/mol. The van der Waals surface area contributed by atoms with Crippen molar-refractivity contribution >= 4 is 17.7 Å². The molecule has 1 aliphatic heterocycles. The van der Waals surface area contributed by atoms with Crippen LogP contribution in [0.5, 0.6) is 0 Å². The predicted octanol–water partition coefficient (Wildman–Crippen LogP) is -0.382. The summed E-state index contributed by atoms with van der Waals surface area (Å²) in [5, 5.41) is 15.9. The second kappa shape index (κ2) is 8.94. The molecule has 3 rings (SSSR count). The molecule has 0 aromatic carbocycles. The summed E-state index contributed by atoms with van der Waals surface area (Å²) < 4.78 is 0. The van der Waals surface area contributed by atoms with E-state index < -0.39 is 12.1 Å². The number of amides is 3. The SMILES string of the molecule is O=C(CN1CCCC1=O)N[C@@H]1C[C@H](C(=O)NCCc2ccncc2)C[C@H]1O. The van der Waals surface area contributed by atoms with Crippen LogP contribution in [0.15, 0.2) is 24.5 Å². The Balaban J connectivity index is 1.41. The van der Waals surface area contributed by atoms with E-state index in [-0.39, 0.29) is 30.2 Å². The van der Waals surface area contributed by atoms with E-state index in [2.05, 4.69) is 15.6 Å². The minimum Gasteiger partial charge on any atom is -0.391 e. The van der Waals surface area contributed by atoms with Crippen molar-refractivity contribution in [3.05, 3.63) is 30.1 Å². The molecule has 1 saturated heterocycles. The van der Waals surface area contributed by atoms with E-state index in [9.17, 15) is 19.5 Å². The molecule has 3 amide bonds. The molecule has 0 spiro atoms. The minimum atomic E-state index is -0.751. The largest absolute Gasteiger partial charge is 0.391 e. The number of hydrogen-bond donors (Lipinski definition) is 3. The van der Waals surface area contributed by atoms with E-state index in [1.165, 1.54) is 4.90 Å². The van der Waals surface area contributed by atoms with Gasteiger partial charge in [-0.1, -0.05) is 0 Å². The zero-order chi connectivity index (χ0) is 19.2. The number of hydrogen-bond acceptors (Lipinski definition) is 5. The van der Waals surface area contributed by atoms with Crippen molar-refractivity contribution in [2.75, 3.05) is 19.6 Å². The molecule has 0 bridgehead atoms. The summed E-state index contributed by atoms with van der Waals surface area (Å²) in [6.45, 7) is 1.14. The molecule has 8 nitrogen and oxygen atoms in total. The first-order valence-corrected chi connectivity index (χ1v) is 9.44. The molecule has 2 aliphatic rings. The highest BCUT2D eigenvalue weighted by Crippen LogP contribution is 2.26. The topological polar surface area (TPSA) is 112 Å². The number of aliphatic hydroxyl groups excluding tert-OH is 1. The summed E-state index contributed by atoms with van der Waals surface area (Å²) in [5.74, 6) is -0.720. The van der Waals surface area contributed by atoms with Crippen molar-refractivity contribution in [3.8, 4) is 0 Å². The highest BCUT2D eigenvalue weighted by Gasteiger charge is 2.37. The number of aromatic nitrogens is 1. The molecular formula is C19H26N4O4. The van der Waals surface area contributed by atoms with Gasteiger partial charge in [0.05, 0.1) is 18.7 Å². The summed E-state index contributed by atoms with van der Waals surface area (Å²) in [6, 6.07) is 3.36. The molecule has 1 aromatic heterocycles. The van der Waals surface area contributed by atoms with Crippen molar-refractivity contribution in [2.45, 2.75) is 44.2 Å². The standard InChI is InChI=1S/C19H26N4O4/c24-16-11-14(19(27)21-8-5-13-3-6-20-7-4-13)10-15(16)22-17(25)12-23-9-1-2-18(23)26/h3-4,6-7,14-16,24H,1-2,5,8-12H2,(H,21,27)(H,22,25)/t14-,15+,16+/m0/s1. The van der Waals surface area contributed by atoms with Crippen molar-refractivity contribution in [3.63, 3.8) is 0 Å². The van der Waals surface area contributed by atoms with Crippen LogP contribution in [-0.4, -0.2) is 64.5 Å². The van der Waals surface area contributed by atoms with E-state index in [1.807, 2.05) is 12.1 Å². The second-order valence-corrected chi connectivity index (χ2v) is 7.23. The Morgan fingerprint density at radius 1 is 1.26 bits per heavy atom. The van der Waals surface area contributed by atoms with Crippen LogP contribution >= 0.6 is 0 Å². The van der Waals surface area contributed by atoms with E-state index >= 15 is 0 Å². The average Bonchev–Trinajstić information content (AvgIpc) is 3.22. The van der Waals surface area contributed by atoms with Gasteiger partial charge in [0.25, 0.3) is 0 Å². The maximum atomic E-state index is 12.3. The molecule has 2 heterocycles. The van der Waals surface area contributed by atoms with Crippen LogP contribution in [0.3, 0.4) is 0 Å². The third-order valence-corrected chi connectivity index (χ3v) is 5.21. The number of nitrogens with one attached hydrogen (secondary N) is 2. The van der Waals surface area contributed by atoms with Gasteiger partial charge in [0.2, 0.25) is 17.7 Å². The molecule has 1 saturated carbocycles. The van der Waals surface area contributed by atoms with Crippen LogP contribution in [0.2, 0.25) is 0 Å². The Morgan fingerprint density at radius 3 is 2.74 bits per heavy atom. The first-order chi connectivity index (χ1) is 13.0. The summed E-state index contributed by atoms with van der Waals surface area (Å²) in [5.41, 5.74) is 1.10. The highest BCUT2D eigenvalue weighted by molar-refractivity contribution is 5.86. The summed E-state index contributed by atoms with van der Waals surface area (Å²) in [4.78, 5) is 41.5. The predicted molar refractivity (Wildman–Crippen MR) is 97.4 cm³/mol. The lowest BCUT2D eigenvalue weighted by Crippen LogP contribution is -2.45. The van der Waals surface area contributed by atoms with Gasteiger partial charge in [0.15, 0.2) is 0 Å². The zero-order valence-electron chi connectivity index (χ0n) is 15.3. The van der Waals surface area contributed by atoms with Gasteiger partial charge in [-0.25, -0.2) is 0 Å². The molecule has 8 heteroatoms. The molecule has 3 atom stereocenters. The van der Waals surface area contributed by atoms with E-state index in [1.54, 1.807) is 12.4 Å². The lowest BCUT2D eigenvalue weighted by molar-refractivity contribution is -0.133. The smallest absolute Gasteiger partial charge is 0.239 e. The molecule has 1 aromatic rings. The van der Waals surface area contributed by atoms with Crippen LogP contribution in [0, 0.1) is 5.92 Å². The molecule has 27 heavy (non-hydrogen) atoms. The molecule has 0 radical (unpaired) electrons. The van der Waals surface area contributed by atoms with Gasteiger partial charge in [-0.3, -0.25) is 19.4 Å². The fourth-order valence-corrected chi connectivity index (χ4v) is 3.71. The fraction of sp³-hybridized carbons (Fsp3) is 0.579. The van der Waals surface area contributed by atoms with E-state index in [4.69, 9.17) is 0 Å². The minimum absolute atomic E-state index is 0.0106. The molecule has 146 valence electrons. The normalized spacial score (nSPS) is 24.9. The number of carbonyl (C=O) groups excluding carboxylic acids is 3. The molecular weight excluding hydrogens is 348 g/mol. The van der Waals surface area contributed by atoms with Crippen LogP contribution in [0.1, 0.15) is 31.2 Å². The first kappa shape index (κ1) is 19.3. The van der Waals surface area contributed by atoms with Crippen molar-refractivity contribution in [1.82, 2.24) is 20.5 Å². The Labute approximate surface area is 158 Å². The Kier molecular flexibility index (Phi) is 6.39. The van der Waals surface area contributed by atoms with Crippen LogP contribution in [0.4, 0.5) is 0 Å². The zero-order valence-corrected chi connectivity index (χ0v) is 15.3. The van der Waals surface area contributed by atoms with E-state index in [0.29, 0.717) is 38.8 Å². The summed E-state index contributed by atoms with van der Waals surface area (Å²) >= 11 is 0. The molecule has 0 unspecified atom stereocenters. The number of nitrogens with zero attached hydrogens (tertiary/aromatic N) is 2. The number of aliphatic hydroxyl groups is 1. The van der Waals surface area contributed by atoms with E-state index in [0.717, 1.165) is 12.0 Å². The lowest BCUT2D eigenvalue weighted by atomic mass is 10.1. The first-order valence-electron chi connectivity index (χ1n) is 9.44. The lowest BCUT2D eigenvalue weighted by Gasteiger charge is -2.20. The summed E-state index contributed by atoms with van der Waals surface area (Å²) in [7, 11) is 0. The van der Waals surface area contributed by atoms with Crippen LogP contribution < -0.4 is 10.6 Å². The van der Waals surface area contributed by atoms with Gasteiger partial charge in [0, 0.05) is 37.8 Å². The van der Waals surface area contributed by atoms with Gasteiger partial charge in [-0.2, -0.15) is 0 Å².